The number of amides is 1. The lowest BCUT2D eigenvalue weighted by Crippen LogP contribution is -2.13. The van der Waals surface area contributed by atoms with Gasteiger partial charge in [0.05, 0.1) is 19.3 Å². The molecule has 0 saturated heterocycles. The monoisotopic (exact) mass is 467 g/mol. The van der Waals surface area contributed by atoms with Crippen molar-refractivity contribution in [3.8, 4) is 5.75 Å². The lowest BCUT2D eigenvalue weighted by Gasteiger charge is -2.10. The van der Waals surface area contributed by atoms with Crippen molar-refractivity contribution in [1.29, 1.82) is 0 Å². The quantitative estimate of drug-likeness (QED) is 0.383. The average Bonchev–Trinajstić information content (AvgIpc) is 3.06. The molecular formula is C25H26ClN3O4. The van der Waals surface area contributed by atoms with Crippen LogP contribution in [0.2, 0.25) is 5.15 Å². The summed E-state index contributed by atoms with van der Waals surface area (Å²) in [5.41, 5.74) is 5.14. The van der Waals surface area contributed by atoms with Gasteiger partial charge in [-0.25, -0.2) is 9.48 Å². The van der Waals surface area contributed by atoms with Crippen molar-refractivity contribution in [2.24, 2.45) is 0 Å². The van der Waals surface area contributed by atoms with Gasteiger partial charge in [-0.2, -0.15) is 5.10 Å². The molecule has 172 valence electrons. The predicted octanol–water partition coefficient (Wildman–Crippen LogP) is 4.71. The van der Waals surface area contributed by atoms with Gasteiger partial charge in [0.1, 0.15) is 10.9 Å². The minimum atomic E-state index is -0.466. The van der Waals surface area contributed by atoms with Gasteiger partial charge in [0.2, 0.25) is 5.91 Å². The summed E-state index contributed by atoms with van der Waals surface area (Å²) in [4.78, 5) is 23.7. The Bertz CT molecular complexity index is 1180. The van der Waals surface area contributed by atoms with E-state index in [1.165, 1.54) is 18.7 Å². The number of halogens is 1. The van der Waals surface area contributed by atoms with E-state index in [2.05, 4.69) is 15.2 Å². The van der Waals surface area contributed by atoms with E-state index in [4.69, 9.17) is 16.3 Å². The largest absolute Gasteiger partial charge is 0.482 e. The second-order valence-electron chi connectivity index (χ2n) is 7.60. The molecule has 0 bridgehead atoms. The van der Waals surface area contributed by atoms with E-state index < -0.39 is 5.97 Å². The molecule has 0 saturated carbocycles. The number of rotatable bonds is 8. The van der Waals surface area contributed by atoms with E-state index in [-0.39, 0.29) is 12.5 Å². The zero-order chi connectivity index (χ0) is 24.0. The number of carbonyl (C=O) groups is 2. The summed E-state index contributed by atoms with van der Waals surface area (Å²) in [5, 5.41) is 7.81. The van der Waals surface area contributed by atoms with Crippen molar-refractivity contribution in [1.82, 2.24) is 9.78 Å². The molecule has 1 amide bonds. The van der Waals surface area contributed by atoms with Crippen LogP contribution >= 0.6 is 11.6 Å². The number of ether oxygens (including phenoxy) is 2. The number of hydrogen-bond acceptors (Lipinski definition) is 5. The minimum Gasteiger partial charge on any atom is -0.482 e. The van der Waals surface area contributed by atoms with Crippen molar-refractivity contribution in [2.45, 2.75) is 27.3 Å². The van der Waals surface area contributed by atoms with Gasteiger partial charge in [0.25, 0.3) is 0 Å². The first-order valence-corrected chi connectivity index (χ1v) is 10.7. The number of aryl methyl sites for hydroxylation is 3. The number of benzene rings is 2. The van der Waals surface area contributed by atoms with Gasteiger partial charge in [0, 0.05) is 17.3 Å². The van der Waals surface area contributed by atoms with Crippen LogP contribution in [0.3, 0.4) is 0 Å². The molecule has 3 rings (SSSR count). The van der Waals surface area contributed by atoms with Crippen LogP contribution < -0.4 is 10.1 Å². The Hall–Kier alpha value is -3.58. The van der Waals surface area contributed by atoms with Crippen LogP contribution in [0.4, 0.5) is 5.69 Å². The van der Waals surface area contributed by atoms with Crippen molar-refractivity contribution in [2.75, 3.05) is 19.0 Å². The summed E-state index contributed by atoms with van der Waals surface area (Å²) in [5.74, 6) is -0.260. The Kier molecular flexibility index (Phi) is 7.90. The fourth-order valence-electron chi connectivity index (χ4n) is 3.13. The lowest BCUT2D eigenvalue weighted by atomic mass is 10.1. The first kappa shape index (κ1) is 24.1. The number of methoxy groups -OCH3 is 1. The Morgan fingerprint density at radius 1 is 1.12 bits per heavy atom. The van der Waals surface area contributed by atoms with Crippen LogP contribution in [-0.2, 0) is 20.9 Å². The van der Waals surface area contributed by atoms with Crippen LogP contribution in [0.5, 0.6) is 5.75 Å². The highest BCUT2D eigenvalue weighted by Crippen LogP contribution is 2.24. The molecule has 7 nitrogen and oxygen atoms in total. The normalized spacial score (nSPS) is 10.9. The summed E-state index contributed by atoms with van der Waals surface area (Å²) in [7, 11) is 1.30. The lowest BCUT2D eigenvalue weighted by molar-refractivity contribution is -0.142. The molecular weight excluding hydrogens is 442 g/mol. The van der Waals surface area contributed by atoms with Gasteiger partial charge in [-0.05, 0) is 56.2 Å². The molecule has 8 heteroatoms. The SMILES string of the molecule is COC(=O)COc1ccc(NC(=O)/C=C/c2c(C)nn(Cc3ccc(C)cc3)c2Cl)c(C)c1. The third-order valence-corrected chi connectivity index (χ3v) is 5.40. The van der Waals surface area contributed by atoms with Gasteiger partial charge >= 0.3 is 5.97 Å². The fraction of sp³-hybridized carbons (Fsp3) is 0.240. The van der Waals surface area contributed by atoms with Gasteiger partial charge in [-0.15, -0.1) is 0 Å². The second kappa shape index (κ2) is 10.8. The molecule has 33 heavy (non-hydrogen) atoms. The maximum Gasteiger partial charge on any atom is 0.343 e. The molecule has 0 unspecified atom stereocenters. The molecule has 0 aliphatic carbocycles. The second-order valence-corrected chi connectivity index (χ2v) is 7.96. The summed E-state index contributed by atoms with van der Waals surface area (Å²) in [6.07, 6.45) is 3.09. The summed E-state index contributed by atoms with van der Waals surface area (Å²) >= 11 is 6.53. The Morgan fingerprint density at radius 3 is 2.52 bits per heavy atom. The molecule has 0 spiro atoms. The van der Waals surface area contributed by atoms with Crippen LogP contribution in [0.15, 0.2) is 48.5 Å². The van der Waals surface area contributed by atoms with Crippen LogP contribution in [-0.4, -0.2) is 35.4 Å². The molecule has 3 aromatic rings. The van der Waals surface area contributed by atoms with Crippen LogP contribution in [0.25, 0.3) is 6.08 Å². The number of esters is 1. The maximum absolute atomic E-state index is 12.5. The Labute approximate surface area is 198 Å². The van der Waals surface area contributed by atoms with Crippen LogP contribution in [0.1, 0.15) is 27.9 Å². The van der Waals surface area contributed by atoms with Crippen LogP contribution in [0, 0.1) is 20.8 Å². The fourth-order valence-corrected chi connectivity index (χ4v) is 3.43. The zero-order valence-electron chi connectivity index (χ0n) is 19.0. The van der Waals surface area contributed by atoms with E-state index in [0.717, 1.165) is 16.8 Å². The topological polar surface area (TPSA) is 82.4 Å². The molecule has 0 aliphatic rings. The van der Waals surface area contributed by atoms with Crippen molar-refractivity contribution in [3.05, 3.63) is 81.6 Å². The third-order valence-electron chi connectivity index (χ3n) is 5.00. The molecule has 0 fully saturated rings. The Morgan fingerprint density at radius 2 is 1.85 bits per heavy atom. The molecule has 1 aromatic heterocycles. The highest BCUT2D eigenvalue weighted by atomic mass is 35.5. The van der Waals surface area contributed by atoms with Crippen molar-refractivity contribution < 1.29 is 19.1 Å². The van der Waals surface area contributed by atoms with Gasteiger partial charge in [0.15, 0.2) is 6.61 Å². The number of nitrogens with one attached hydrogen (secondary N) is 1. The predicted molar refractivity (Wildman–Crippen MR) is 129 cm³/mol. The number of carbonyl (C=O) groups excluding carboxylic acids is 2. The standard InChI is InChI=1S/C25H26ClN3O4/c1-16-5-7-19(8-6-16)14-29-25(26)21(18(3)28-29)10-12-23(30)27-22-11-9-20(13-17(22)2)33-15-24(31)32-4/h5-13H,14-15H2,1-4H3,(H,27,30)/b12-10+. The molecule has 2 aromatic carbocycles. The summed E-state index contributed by atoms with van der Waals surface area (Å²) in [6, 6.07) is 13.3. The third kappa shape index (κ3) is 6.46. The van der Waals surface area contributed by atoms with E-state index in [9.17, 15) is 9.59 Å². The zero-order valence-corrected chi connectivity index (χ0v) is 19.8. The van der Waals surface area contributed by atoms with Gasteiger partial charge in [-0.3, -0.25) is 4.79 Å². The van der Waals surface area contributed by atoms with Gasteiger partial charge < -0.3 is 14.8 Å². The minimum absolute atomic E-state index is 0.178. The maximum atomic E-state index is 12.5. The average molecular weight is 468 g/mol. The molecule has 1 N–H and O–H groups in total. The number of nitrogens with zero attached hydrogens (tertiary/aromatic N) is 2. The highest BCUT2D eigenvalue weighted by Gasteiger charge is 2.12. The van der Waals surface area contributed by atoms with E-state index in [0.29, 0.717) is 28.7 Å². The van der Waals surface area contributed by atoms with E-state index >= 15 is 0 Å². The number of hydrogen-bond donors (Lipinski definition) is 1. The van der Waals surface area contributed by atoms with Crippen molar-refractivity contribution >= 4 is 35.2 Å². The van der Waals surface area contributed by atoms with E-state index in [1.807, 2.05) is 45.0 Å². The number of anilines is 1. The smallest absolute Gasteiger partial charge is 0.343 e. The highest BCUT2D eigenvalue weighted by molar-refractivity contribution is 6.31. The molecule has 1 heterocycles. The first-order chi connectivity index (χ1) is 15.8. The van der Waals surface area contributed by atoms with Crippen molar-refractivity contribution in [3.63, 3.8) is 0 Å². The number of aromatic nitrogens is 2. The molecule has 0 atom stereocenters. The Balaban J connectivity index is 1.65. The first-order valence-electron chi connectivity index (χ1n) is 10.3. The van der Waals surface area contributed by atoms with E-state index in [1.54, 1.807) is 29.0 Å². The molecule has 0 aliphatic heterocycles. The summed E-state index contributed by atoms with van der Waals surface area (Å²) < 4.78 is 11.6. The van der Waals surface area contributed by atoms with Gasteiger partial charge in [-0.1, -0.05) is 41.4 Å². The summed E-state index contributed by atoms with van der Waals surface area (Å²) in [6.45, 7) is 6.09. The molecule has 0 radical (unpaired) electrons.